The Kier molecular flexibility index (Phi) is 5.33. The first kappa shape index (κ1) is 18.5. The lowest BCUT2D eigenvalue weighted by Gasteiger charge is -2.32. The number of amides is 2. The number of fused-ring (bicyclic) bond motifs is 1. The maximum absolute atomic E-state index is 12.3. The summed E-state index contributed by atoms with van der Waals surface area (Å²) in [7, 11) is -3.50. The van der Waals surface area contributed by atoms with Crippen molar-refractivity contribution in [3.8, 4) is 11.5 Å². The molecule has 0 radical (unpaired) electrons. The van der Waals surface area contributed by atoms with Gasteiger partial charge in [-0.15, -0.1) is 0 Å². The van der Waals surface area contributed by atoms with Gasteiger partial charge in [-0.1, -0.05) is 18.6 Å². The molecule has 1 saturated heterocycles. The fourth-order valence-corrected chi connectivity index (χ4v) is 4.12. The summed E-state index contributed by atoms with van der Waals surface area (Å²) in [5.74, 6) is -0.150. The number of piperidine rings is 1. The molecule has 2 amide bonds. The third kappa shape index (κ3) is 4.07. The fraction of sp³-hybridized carbons (Fsp3) is 0.500. The minimum Gasteiger partial charge on any atom is -0.485 e. The summed E-state index contributed by atoms with van der Waals surface area (Å²) in [5, 5.41) is 0. The van der Waals surface area contributed by atoms with Crippen molar-refractivity contribution in [2.24, 2.45) is 0 Å². The Morgan fingerprint density at radius 2 is 1.81 bits per heavy atom. The highest BCUT2D eigenvalue weighted by atomic mass is 32.2. The van der Waals surface area contributed by atoms with E-state index in [0.29, 0.717) is 30.9 Å². The van der Waals surface area contributed by atoms with E-state index in [4.69, 9.17) is 9.47 Å². The predicted octanol–water partition coefficient (Wildman–Crippen LogP) is -0.212. The number of ether oxygens (including phenoxy) is 2. The maximum Gasteiger partial charge on any atom is 0.283 e. The van der Waals surface area contributed by atoms with Crippen LogP contribution in [0.15, 0.2) is 24.3 Å². The van der Waals surface area contributed by atoms with Crippen LogP contribution in [0.4, 0.5) is 0 Å². The summed E-state index contributed by atoms with van der Waals surface area (Å²) >= 11 is 0. The van der Waals surface area contributed by atoms with Gasteiger partial charge in [0, 0.05) is 6.54 Å². The van der Waals surface area contributed by atoms with Gasteiger partial charge in [-0.3, -0.25) is 20.4 Å². The Morgan fingerprint density at radius 3 is 2.54 bits per heavy atom. The van der Waals surface area contributed by atoms with Crippen LogP contribution >= 0.6 is 0 Å². The maximum atomic E-state index is 12.3. The number of sulfonamides is 1. The van der Waals surface area contributed by atoms with Crippen molar-refractivity contribution < 1.29 is 27.5 Å². The molecule has 1 fully saturated rings. The molecule has 0 bridgehead atoms. The van der Waals surface area contributed by atoms with Crippen LogP contribution in [0.3, 0.4) is 0 Å². The van der Waals surface area contributed by atoms with Crippen LogP contribution in [0.2, 0.25) is 0 Å². The second kappa shape index (κ2) is 7.50. The number of hydrogen-bond acceptors (Lipinski definition) is 6. The highest BCUT2D eigenvalue weighted by Crippen LogP contribution is 2.30. The van der Waals surface area contributed by atoms with Crippen molar-refractivity contribution in [1.29, 1.82) is 0 Å². The van der Waals surface area contributed by atoms with Gasteiger partial charge in [0.05, 0.1) is 6.26 Å². The van der Waals surface area contributed by atoms with E-state index in [1.807, 2.05) is 0 Å². The van der Waals surface area contributed by atoms with E-state index in [9.17, 15) is 18.0 Å². The Bertz CT molecular complexity index is 797. The third-order valence-corrected chi connectivity index (χ3v) is 5.58. The van der Waals surface area contributed by atoms with Gasteiger partial charge in [0.2, 0.25) is 16.1 Å². The average Bonchev–Trinajstić information content (AvgIpc) is 2.64. The molecule has 2 aliphatic heterocycles. The second-order valence-electron chi connectivity index (χ2n) is 6.23. The predicted molar refractivity (Wildman–Crippen MR) is 91.8 cm³/mol. The normalized spacial score (nSPS) is 23.1. The van der Waals surface area contributed by atoms with Crippen LogP contribution in [0.5, 0.6) is 11.5 Å². The number of carbonyl (C=O) groups is 2. The van der Waals surface area contributed by atoms with Crippen molar-refractivity contribution in [1.82, 2.24) is 15.2 Å². The number of rotatable bonds is 3. The van der Waals surface area contributed by atoms with E-state index in [2.05, 4.69) is 10.9 Å². The molecule has 0 aliphatic carbocycles. The molecule has 9 nitrogen and oxygen atoms in total. The molecule has 2 atom stereocenters. The molecule has 1 aromatic carbocycles. The lowest BCUT2D eigenvalue weighted by Crippen LogP contribution is -2.57. The van der Waals surface area contributed by atoms with E-state index in [1.54, 1.807) is 24.3 Å². The summed E-state index contributed by atoms with van der Waals surface area (Å²) in [5.41, 5.74) is 4.58. The SMILES string of the molecule is CS(=O)(=O)N1CCCCC1C(=O)NNC(=O)C1COc2ccccc2O1. The lowest BCUT2D eigenvalue weighted by molar-refractivity contribution is -0.136. The van der Waals surface area contributed by atoms with E-state index >= 15 is 0 Å². The lowest BCUT2D eigenvalue weighted by atomic mass is 10.0. The van der Waals surface area contributed by atoms with E-state index in [-0.39, 0.29) is 6.61 Å². The average molecular weight is 383 g/mol. The number of hydrogen-bond donors (Lipinski definition) is 2. The molecule has 0 aromatic heterocycles. The molecule has 0 saturated carbocycles. The molecule has 142 valence electrons. The van der Waals surface area contributed by atoms with Gasteiger partial charge in [0.25, 0.3) is 11.8 Å². The van der Waals surface area contributed by atoms with Gasteiger partial charge < -0.3 is 9.47 Å². The van der Waals surface area contributed by atoms with Crippen molar-refractivity contribution in [2.45, 2.75) is 31.4 Å². The smallest absolute Gasteiger partial charge is 0.283 e. The highest BCUT2D eigenvalue weighted by molar-refractivity contribution is 7.88. The van der Waals surface area contributed by atoms with Gasteiger partial charge in [0.1, 0.15) is 12.6 Å². The number of para-hydroxylation sites is 2. The summed E-state index contributed by atoms with van der Waals surface area (Å²) in [6.45, 7) is 0.304. The Balaban J connectivity index is 1.57. The fourth-order valence-electron chi connectivity index (χ4n) is 3.00. The number of hydrazine groups is 1. The first-order chi connectivity index (χ1) is 12.4. The second-order valence-corrected chi connectivity index (χ2v) is 8.16. The molecule has 10 heteroatoms. The van der Waals surface area contributed by atoms with E-state index in [1.165, 1.54) is 0 Å². The summed E-state index contributed by atoms with van der Waals surface area (Å²) in [6.07, 6.45) is 2.01. The number of nitrogens with zero attached hydrogens (tertiary/aromatic N) is 1. The van der Waals surface area contributed by atoms with Crippen LogP contribution in [-0.4, -0.2) is 56.1 Å². The molecule has 2 N–H and O–H groups in total. The van der Waals surface area contributed by atoms with E-state index < -0.39 is 34.0 Å². The first-order valence-corrected chi connectivity index (χ1v) is 10.2. The van der Waals surface area contributed by atoms with Gasteiger partial charge in [-0.2, -0.15) is 4.31 Å². The van der Waals surface area contributed by atoms with Crippen LogP contribution in [-0.2, 0) is 19.6 Å². The van der Waals surface area contributed by atoms with Gasteiger partial charge in [-0.25, -0.2) is 8.42 Å². The van der Waals surface area contributed by atoms with Crippen molar-refractivity contribution in [2.75, 3.05) is 19.4 Å². The van der Waals surface area contributed by atoms with Crippen molar-refractivity contribution in [3.05, 3.63) is 24.3 Å². The molecule has 2 heterocycles. The Morgan fingerprint density at radius 1 is 1.12 bits per heavy atom. The molecule has 3 rings (SSSR count). The minimum atomic E-state index is -3.50. The van der Waals surface area contributed by atoms with Gasteiger partial charge in [-0.05, 0) is 25.0 Å². The standard InChI is InChI=1S/C16H21N3O6S/c1-26(22,23)19-9-5-4-6-11(19)15(20)17-18-16(21)14-10-24-12-7-2-3-8-13(12)25-14/h2-3,7-8,11,14H,4-6,9-10H2,1H3,(H,17,20)(H,18,21). The van der Waals surface area contributed by atoms with Gasteiger partial charge >= 0.3 is 0 Å². The van der Waals surface area contributed by atoms with Crippen LogP contribution in [0, 0.1) is 0 Å². The van der Waals surface area contributed by atoms with Crippen molar-refractivity contribution >= 4 is 21.8 Å². The molecule has 26 heavy (non-hydrogen) atoms. The molecule has 2 unspecified atom stereocenters. The zero-order valence-corrected chi connectivity index (χ0v) is 15.1. The first-order valence-electron chi connectivity index (χ1n) is 8.31. The molecule has 2 aliphatic rings. The molecule has 1 aromatic rings. The van der Waals surface area contributed by atoms with Gasteiger partial charge in [0.15, 0.2) is 11.5 Å². The number of carbonyl (C=O) groups excluding carboxylic acids is 2. The molecule has 0 spiro atoms. The topological polar surface area (TPSA) is 114 Å². The minimum absolute atomic E-state index is 0.0115. The monoisotopic (exact) mass is 383 g/mol. The largest absolute Gasteiger partial charge is 0.485 e. The van der Waals surface area contributed by atoms with E-state index in [0.717, 1.165) is 17.0 Å². The van der Waals surface area contributed by atoms with Crippen LogP contribution in [0.25, 0.3) is 0 Å². The number of benzene rings is 1. The Hall–Kier alpha value is -2.33. The molecular weight excluding hydrogens is 362 g/mol. The van der Waals surface area contributed by atoms with Crippen LogP contribution in [0.1, 0.15) is 19.3 Å². The summed E-state index contributed by atoms with van der Waals surface area (Å²) in [6, 6.07) is 6.13. The zero-order chi connectivity index (χ0) is 18.7. The number of nitrogens with one attached hydrogen (secondary N) is 2. The summed E-state index contributed by atoms with van der Waals surface area (Å²) < 4.78 is 35.8. The highest BCUT2D eigenvalue weighted by Gasteiger charge is 2.35. The third-order valence-electron chi connectivity index (χ3n) is 4.29. The van der Waals surface area contributed by atoms with Crippen LogP contribution < -0.4 is 20.3 Å². The summed E-state index contributed by atoms with van der Waals surface area (Å²) in [4.78, 5) is 24.5. The quantitative estimate of drug-likeness (QED) is 0.698. The molecular formula is C16H21N3O6S. The van der Waals surface area contributed by atoms with Crippen molar-refractivity contribution in [3.63, 3.8) is 0 Å². The zero-order valence-electron chi connectivity index (χ0n) is 14.3. The Labute approximate surface area is 151 Å².